The van der Waals surface area contributed by atoms with E-state index in [0.29, 0.717) is 12.5 Å². The van der Waals surface area contributed by atoms with E-state index in [4.69, 9.17) is 4.74 Å². The zero-order chi connectivity index (χ0) is 14.4. The summed E-state index contributed by atoms with van der Waals surface area (Å²) in [6.45, 7) is 5.84. The van der Waals surface area contributed by atoms with E-state index in [0.717, 1.165) is 16.8 Å². The maximum atomic E-state index is 5.72. The number of nitrogens with one attached hydrogen (secondary N) is 1. The van der Waals surface area contributed by atoms with Crippen molar-refractivity contribution in [1.29, 1.82) is 0 Å². The second-order valence-electron chi connectivity index (χ2n) is 4.97. The van der Waals surface area contributed by atoms with E-state index in [1.807, 2.05) is 24.3 Å². The molecule has 2 nitrogen and oxygen atoms in total. The predicted octanol–water partition coefficient (Wildman–Crippen LogP) is 5.06. The molecule has 3 heteroatoms. The highest BCUT2D eigenvalue weighted by atomic mass is 79.9. The number of anilines is 1. The molecule has 0 saturated carbocycles. The molecule has 0 aromatic heterocycles. The topological polar surface area (TPSA) is 21.3 Å². The van der Waals surface area contributed by atoms with Crippen molar-refractivity contribution in [1.82, 2.24) is 0 Å². The largest absolute Gasteiger partial charge is 0.492 e. The number of rotatable bonds is 6. The lowest BCUT2D eigenvalue weighted by Gasteiger charge is -2.14. The average Bonchev–Trinajstić information content (AvgIpc) is 2.44. The van der Waals surface area contributed by atoms with Crippen LogP contribution in [0.25, 0.3) is 0 Å². The first kappa shape index (κ1) is 14.9. The van der Waals surface area contributed by atoms with Crippen LogP contribution in [0.2, 0.25) is 0 Å². The SMILES string of the molecule is CC(C)c1ccccc1NCCOc1cccc(Br)c1. The Hall–Kier alpha value is -1.48. The summed E-state index contributed by atoms with van der Waals surface area (Å²) in [5.41, 5.74) is 2.54. The molecule has 0 spiro atoms. The first-order valence-corrected chi connectivity index (χ1v) is 7.67. The first-order chi connectivity index (χ1) is 9.66. The van der Waals surface area contributed by atoms with Gasteiger partial charge in [-0.05, 0) is 35.7 Å². The van der Waals surface area contributed by atoms with Crippen LogP contribution in [0.3, 0.4) is 0 Å². The van der Waals surface area contributed by atoms with Crippen LogP contribution in [-0.4, -0.2) is 13.2 Å². The molecule has 0 fully saturated rings. The van der Waals surface area contributed by atoms with Gasteiger partial charge in [0.15, 0.2) is 0 Å². The Morgan fingerprint density at radius 1 is 1.10 bits per heavy atom. The standard InChI is InChI=1S/C17H20BrNO/c1-13(2)16-8-3-4-9-17(16)19-10-11-20-15-7-5-6-14(18)12-15/h3-9,12-13,19H,10-11H2,1-2H3. The van der Waals surface area contributed by atoms with Crippen molar-refractivity contribution in [3.05, 3.63) is 58.6 Å². The minimum atomic E-state index is 0.518. The highest BCUT2D eigenvalue weighted by Crippen LogP contribution is 2.23. The second kappa shape index (κ2) is 7.34. The Bertz CT molecular complexity index is 554. The molecular weight excluding hydrogens is 314 g/mol. The van der Waals surface area contributed by atoms with Crippen LogP contribution in [0.15, 0.2) is 53.0 Å². The number of para-hydroxylation sites is 1. The molecule has 106 valence electrons. The quantitative estimate of drug-likeness (QED) is 0.745. The molecule has 0 radical (unpaired) electrons. The number of benzene rings is 2. The first-order valence-electron chi connectivity index (χ1n) is 6.88. The summed E-state index contributed by atoms with van der Waals surface area (Å²) in [5, 5.41) is 3.44. The highest BCUT2D eigenvalue weighted by molar-refractivity contribution is 9.10. The molecule has 2 rings (SSSR count). The molecule has 2 aromatic carbocycles. The zero-order valence-corrected chi connectivity index (χ0v) is 13.5. The lowest BCUT2D eigenvalue weighted by molar-refractivity contribution is 0.332. The monoisotopic (exact) mass is 333 g/mol. The third kappa shape index (κ3) is 4.27. The van der Waals surface area contributed by atoms with Gasteiger partial charge >= 0.3 is 0 Å². The van der Waals surface area contributed by atoms with E-state index in [1.54, 1.807) is 0 Å². The van der Waals surface area contributed by atoms with Gasteiger partial charge in [-0.2, -0.15) is 0 Å². The van der Waals surface area contributed by atoms with Crippen molar-refractivity contribution in [3.8, 4) is 5.75 Å². The van der Waals surface area contributed by atoms with Crippen LogP contribution in [0, 0.1) is 0 Å². The molecular formula is C17H20BrNO. The Balaban J connectivity index is 1.84. The summed E-state index contributed by atoms with van der Waals surface area (Å²) in [6.07, 6.45) is 0. The lowest BCUT2D eigenvalue weighted by atomic mass is 10.0. The maximum Gasteiger partial charge on any atom is 0.120 e. The molecule has 0 aliphatic rings. The van der Waals surface area contributed by atoms with Crippen molar-refractivity contribution < 1.29 is 4.74 Å². The van der Waals surface area contributed by atoms with Gasteiger partial charge in [0.05, 0.1) is 0 Å². The highest BCUT2D eigenvalue weighted by Gasteiger charge is 2.04. The Labute approximate surface area is 129 Å². The molecule has 0 aliphatic heterocycles. The van der Waals surface area contributed by atoms with Crippen LogP contribution < -0.4 is 10.1 Å². The molecule has 0 atom stereocenters. The van der Waals surface area contributed by atoms with Crippen LogP contribution >= 0.6 is 15.9 Å². The van der Waals surface area contributed by atoms with Gasteiger partial charge in [0.25, 0.3) is 0 Å². The summed E-state index contributed by atoms with van der Waals surface area (Å²) < 4.78 is 6.75. The Morgan fingerprint density at radius 3 is 2.65 bits per heavy atom. The Morgan fingerprint density at radius 2 is 1.90 bits per heavy atom. The molecule has 0 saturated heterocycles. The van der Waals surface area contributed by atoms with Crippen molar-refractivity contribution in [2.24, 2.45) is 0 Å². The summed E-state index contributed by atoms with van der Waals surface area (Å²) in [4.78, 5) is 0. The fourth-order valence-corrected chi connectivity index (χ4v) is 2.45. The van der Waals surface area contributed by atoms with Crippen LogP contribution in [0.5, 0.6) is 5.75 Å². The van der Waals surface area contributed by atoms with E-state index in [-0.39, 0.29) is 0 Å². The van der Waals surface area contributed by atoms with Gasteiger partial charge in [-0.15, -0.1) is 0 Å². The van der Waals surface area contributed by atoms with Gasteiger partial charge in [0.1, 0.15) is 12.4 Å². The zero-order valence-electron chi connectivity index (χ0n) is 11.9. The van der Waals surface area contributed by atoms with Crippen molar-refractivity contribution in [2.45, 2.75) is 19.8 Å². The maximum absolute atomic E-state index is 5.72. The van der Waals surface area contributed by atoms with Crippen LogP contribution in [0.1, 0.15) is 25.3 Å². The molecule has 1 N–H and O–H groups in total. The molecule has 0 unspecified atom stereocenters. The molecule has 0 bridgehead atoms. The fourth-order valence-electron chi connectivity index (χ4n) is 2.07. The fraction of sp³-hybridized carbons (Fsp3) is 0.294. The second-order valence-corrected chi connectivity index (χ2v) is 5.89. The number of ether oxygens (including phenoxy) is 1. The number of hydrogen-bond donors (Lipinski definition) is 1. The average molecular weight is 334 g/mol. The summed E-state index contributed by atoms with van der Waals surface area (Å²) in [5.74, 6) is 1.41. The predicted molar refractivity (Wildman–Crippen MR) is 88.7 cm³/mol. The third-order valence-electron chi connectivity index (χ3n) is 3.07. The van der Waals surface area contributed by atoms with Crippen molar-refractivity contribution in [3.63, 3.8) is 0 Å². The smallest absolute Gasteiger partial charge is 0.120 e. The molecule has 2 aromatic rings. The molecule has 0 aliphatic carbocycles. The lowest BCUT2D eigenvalue weighted by Crippen LogP contribution is -2.12. The van der Waals surface area contributed by atoms with Gasteiger partial charge in [0, 0.05) is 16.7 Å². The van der Waals surface area contributed by atoms with Gasteiger partial charge in [-0.25, -0.2) is 0 Å². The molecule has 0 heterocycles. The van der Waals surface area contributed by atoms with Gasteiger partial charge < -0.3 is 10.1 Å². The van der Waals surface area contributed by atoms with E-state index >= 15 is 0 Å². The minimum absolute atomic E-state index is 0.518. The third-order valence-corrected chi connectivity index (χ3v) is 3.56. The summed E-state index contributed by atoms with van der Waals surface area (Å²) in [7, 11) is 0. The normalized spacial score (nSPS) is 10.6. The van der Waals surface area contributed by atoms with Crippen LogP contribution in [-0.2, 0) is 0 Å². The number of halogens is 1. The van der Waals surface area contributed by atoms with E-state index in [9.17, 15) is 0 Å². The molecule has 20 heavy (non-hydrogen) atoms. The molecule has 0 amide bonds. The number of hydrogen-bond acceptors (Lipinski definition) is 2. The van der Waals surface area contributed by atoms with Gasteiger partial charge in [-0.1, -0.05) is 54.0 Å². The summed E-state index contributed by atoms with van der Waals surface area (Å²) in [6, 6.07) is 16.3. The van der Waals surface area contributed by atoms with Gasteiger partial charge in [-0.3, -0.25) is 0 Å². The summed E-state index contributed by atoms with van der Waals surface area (Å²) >= 11 is 3.44. The van der Waals surface area contributed by atoms with Gasteiger partial charge in [0.2, 0.25) is 0 Å². The van der Waals surface area contributed by atoms with Crippen LogP contribution in [0.4, 0.5) is 5.69 Å². The van der Waals surface area contributed by atoms with Crippen molar-refractivity contribution >= 4 is 21.6 Å². The van der Waals surface area contributed by atoms with Crippen molar-refractivity contribution in [2.75, 3.05) is 18.5 Å². The van der Waals surface area contributed by atoms with E-state index in [2.05, 4.69) is 59.4 Å². The Kier molecular flexibility index (Phi) is 5.48. The van der Waals surface area contributed by atoms with E-state index < -0.39 is 0 Å². The van der Waals surface area contributed by atoms with E-state index in [1.165, 1.54) is 11.3 Å². The minimum Gasteiger partial charge on any atom is -0.492 e.